The largest absolute Gasteiger partial charge is 0.478 e. The molecule has 224 valence electrons. The molecule has 13 heteroatoms. The fourth-order valence-electron chi connectivity index (χ4n) is 4.66. The van der Waals surface area contributed by atoms with E-state index in [1.54, 1.807) is 38.1 Å². The Labute approximate surface area is 233 Å². The average molecular weight is 587 g/mol. The van der Waals surface area contributed by atoms with Gasteiger partial charge in [0, 0.05) is 25.4 Å². The van der Waals surface area contributed by atoms with Crippen molar-refractivity contribution in [3.63, 3.8) is 0 Å². The number of hydrogen-bond acceptors (Lipinski definition) is 4. The minimum absolute atomic E-state index is 0.0963. The van der Waals surface area contributed by atoms with Crippen molar-refractivity contribution in [2.45, 2.75) is 70.4 Å². The van der Waals surface area contributed by atoms with Gasteiger partial charge in [0.2, 0.25) is 11.8 Å². The Balaban J connectivity index is 1.54. The van der Waals surface area contributed by atoms with E-state index in [1.807, 2.05) is 0 Å². The van der Waals surface area contributed by atoms with Crippen LogP contribution in [0.5, 0.6) is 5.75 Å². The van der Waals surface area contributed by atoms with Crippen molar-refractivity contribution in [3.05, 3.63) is 64.7 Å². The minimum atomic E-state index is -5.04. The SMILES string of the molecule is CC(C)[C@@H](Oc1ccc(CNC(=O)[C@@H]2CCCN2C(=O)CC([NH3+])Cc2cc(F)c(C(F)(F)F)cc2F)cc1)C(=O)O. The van der Waals surface area contributed by atoms with E-state index in [1.165, 1.54) is 4.90 Å². The first-order chi connectivity index (χ1) is 19.2. The second-order valence-electron chi connectivity index (χ2n) is 10.4. The third-order valence-electron chi connectivity index (χ3n) is 6.79. The smallest absolute Gasteiger partial charge is 0.419 e. The van der Waals surface area contributed by atoms with Crippen molar-refractivity contribution in [1.29, 1.82) is 0 Å². The van der Waals surface area contributed by atoms with E-state index in [0.29, 0.717) is 31.2 Å². The molecule has 0 radical (unpaired) electrons. The van der Waals surface area contributed by atoms with Crippen LogP contribution in [0.15, 0.2) is 36.4 Å². The van der Waals surface area contributed by atoms with Crippen molar-refractivity contribution in [2.75, 3.05) is 6.54 Å². The number of ether oxygens (including phenoxy) is 1. The molecule has 0 aliphatic carbocycles. The van der Waals surface area contributed by atoms with Crippen molar-refractivity contribution < 1.29 is 51.9 Å². The van der Waals surface area contributed by atoms with Crippen LogP contribution in [0.1, 0.15) is 49.8 Å². The van der Waals surface area contributed by atoms with Crippen LogP contribution in [-0.4, -0.2) is 52.5 Å². The first-order valence-electron chi connectivity index (χ1n) is 13.1. The van der Waals surface area contributed by atoms with Gasteiger partial charge in [-0.1, -0.05) is 26.0 Å². The number of carbonyl (C=O) groups excluding carboxylic acids is 2. The first-order valence-corrected chi connectivity index (χ1v) is 13.1. The number of halogens is 5. The van der Waals surface area contributed by atoms with Crippen LogP contribution in [0, 0.1) is 17.6 Å². The Kier molecular flexibility index (Phi) is 10.3. The molecule has 0 bridgehead atoms. The highest BCUT2D eigenvalue weighted by molar-refractivity contribution is 5.88. The summed E-state index contributed by atoms with van der Waals surface area (Å²) in [6.07, 6.45) is -5.50. The van der Waals surface area contributed by atoms with Crippen molar-refractivity contribution in [2.24, 2.45) is 5.92 Å². The summed E-state index contributed by atoms with van der Waals surface area (Å²) in [6.45, 7) is 3.94. The summed E-state index contributed by atoms with van der Waals surface area (Å²) < 4.78 is 72.0. The van der Waals surface area contributed by atoms with Crippen molar-refractivity contribution in [3.8, 4) is 5.75 Å². The minimum Gasteiger partial charge on any atom is -0.478 e. The number of rotatable bonds is 11. The lowest BCUT2D eigenvalue weighted by Crippen LogP contribution is -2.63. The number of alkyl halides is 3. The van der Waals surface area contributed by atoms with Crippen LogP contribution in [0.3, 0.4) is 0 Å². The first kappa shape index (κ1) is 31.8. The molecule has 1 heterocycles. The van der Waals surface area contributed by atoms with E-state index in [9.17, 15) is 41.4 Å². The molecule has 2 aromatic rings. The summed E-state index contributed by atoms with van der Waals surface area (Å²) in [5.41, 5.74) is 2.47. The fourth-order valence-corrected chi connectivity index (χ4v) is 4.66. The molecule has 41 heavy (non-hydrogen) atoms. The third kappa shape index (κ3) is 8.38. The average Bonchev–Trinajstić information content (AvgIpc) is 3.38. The number of nitrogens with zero attached hydrogens (tertiary/aromatic N) is 1. The highest BCUT2D eigenvalue weighted by atomic mass is 19.4. The van der Waals surface area contributed by atoms with Gasteiger partial charge in [-0.25, -0.2) is 13.6 Å². The second kappa shape index (κ2) is 13.3. The molecule has 8 nitrogen and oxygen atoms in total. The molecule has 2 aromatic carbocycles. The van der Waals surface area contributed by atoms with Crippen LogP contribution in [0.2, 0.25) is 0 Å². The molecule has 3 rings (SSSR count). The monoisotopic (exact) mass is 586 g/mol. The zero-order valence-electron chi connectivity index (χ0n) is 22.6. The molecule has 1 fully saturated rings. The molecule has 5 N–H and O–H groups in total. The maximum absolute atomic E-state index is 14.2. The molecule has 1 aliphatic heterocycles. The Morgan fingerprint density at radius 2 is 1.78 bits per heavy atom. The van der Waals surface area contributed by atoms with Crippen molar-refractivity contribution in [1.82, 2.24) is 10.2 Å². The highest BCUT2D eigenvalue weighted by Crippen LogP contribution is 2.33. The fraction of sp³-hybridized carbons (Fsp3) is 0.464. The van der Waals surface area contributed by atoms with Crippen LogP contribution < -0.4 is 15.8 Å². The van der Waals surface area contributed by atoms with Gasteiger partial charge < -0.3 is 25.8 Å². The van der Waals surface area contributed by atoms with Gasteiger partial charge in [0.05, 0.1) is 18.0 Å². The lowest BCUT2D eigenvalue weighted by molar-refractivity contribution is -0.418. The van der Waals surface area contributed by atoms with Gasteiger partial charge >= 0.3 is 12.1 Å². The summed E-state index contributed by atoms with van der Waals surface area (Å²) in [6, 6.07) is 5.64. The van der Waals surface area contributed by atoms with Gasteiger partial charge in [0.1, 0.15) is 23.4 Å². The molecule has 1 saturated heterocycles. The normalized spacial score (nSPS) is 16.9. The highest BCUT2D eigenvalue weighted by Gasteiger charge is 2.37. The number of amides is 2. The molecular weight excluding hydrogens is 553 g/mol. The van der Waals surface area contributed by atoms with Gasteiger partial charge in [-0.2, -0.15) is 13.2 Å². The van der Waals surface area contributed by atoms with Crippen LogP contribution in [0.4, 0.5) is 22.0 Å². The van der Waals surface area contributed by atoms with Crippen LogP contribution in [-0.2, 0) is 33.5 Å². The predicted octanol–water partition coefficient (Wildman–Crippen LogP) is 3.32. The summed E-state index contributed by atoms with van der Waals surface area (Å²) >= 11 is 0. The number of nitrogens with one attached hydrogen (secondary N) is 1. The quantitative estimate of drug-likeness (QED) is 0.349. The maximum atomic E-state index is 14.2. The number of quaternary nitrogens is 1. The number of benzene rings is 2. The van der Waals surface area contributed by atoms with E-state index in [0.717, 1.165) is 5.56 Å². The summed E-state index contributed by atoms with van der Waals surface area (Å²) in [5.74, 6) is -4.58. The van der Waals surface area contributed by atoms with Gasteiger partial charge in [-0.05, 0) is 48.2 Å². The lowest BCUT2D eigenvalue weighted by atomic mass is 10.0. The van der Waals surface area contributed by atoms with Gasteiger partial charge in [-0.15, -0.1) is 0 Å². The molecule has 2 amide bonds. The lowest BCUT2D eigenvalue weighted by Gasteiger charge is -2.25. The number of likely N-dealkylation sites (tertiary alicyclic amines) is 1. The van der Waals surface area contributed by atoms with Gasteiger partial charge in [0.25, 0.3) is 0 Å². The third-order valence-corrected chi connectivity index (χ3v) is 6.79. The summed E-state index contributed by atoms with van der Waals surface area (Å²) in [4.78, 5) is 38.5. The molecular formula is C28H33F5N3O5+. The number of carboxylic acids is 1. The zero-order valence-corrected chi connectivity index (χ0v) is 22.6. The maximum Gasteiger partial charge on any atom is 0.419 e. The number of hydrogen-bond donors (Lipinski definition) is 3. The van der Waals surface area contributed by atoms with Crippen molar-refractivity contribution >= 4 is 17.8 Å². The Bertz CT molecular complexity index is 1250. The van der Waals surface area contributed by atoms with Gasteiger partial charge in [0.15, 0.2) is 6.10 Å². The summed E-state index contributed by atoms with van der Waals surface area (Å²) in [7, 11) is 0. The molecule has 1 unspecified atom stereocenters. The van der Waals surface area contributed by atoms with Crippen LogP contribution >= 0.6 is 0 Å². The second-order valence-corrected chi connectivity index (χ2v) is 10.4. The number of carboxylic acid groups (broad SMARTS) is 1. The van der Waals surface area contributed by atoms with E-state index in [4.69, 9.17) is 4.74 Å². The standard InChI is InChI=1S/C28H32F5N3O5/c1-15(2)25(27(39)40)41-19-7-5-16(6-8-19)14-35-26(38)23-4-3-9-36(23)24(37)12-18(34)10-17-11-22(30)20(13-21(17)29)28(31,32)33/h5-8,11,13,15,18,23,25H,3-4,9-10,12,14,34H2,1-2H3,(H,35,38)(H,39,40)/p+1/t18?,23-,25+/m0/s1. The van der Waals surface area contributed by atoms with E-state index < -0.39 is 53.4 Å². The summed E-state index contributed by atoms with van der Waals surface area (Å²) in [5, 5.41) is 12.1. The van der Waals surface area contributed by atoms with E-state index in [2.05, 4.69) is 11.1 Å². The zero-order chi connectivity index (χ0) is 30.5. The molecule has 0 saturated carbocycles. The Morgan fingerprint density at radius 3 is 2.37 bits per heavy atom. The van der Waals surface area contributed by atoms with Crippen LogP contribution in [0.25, 0.3) is 0 Å². The molecule has 3 atom stereocenters. The van der Waals surface area contributed by atoms with Gasteiger partial charge in [-0.3, -0.25) is 9.59 Å². The molecule has 1 aliphatic rings. The topological polar surface area (TPSA) is 124 Å². The molecule has 0 spiro atoms. The van der Waals surface area contributed by atoms with E-state index in [-0.39, 0.29) is 42.8 Å². The number of carbonyl (C=O) groups is 3. The number of aliphatic carboxylic acids is 1. The molecule has 0 aromatic heterocycles. The van der Waals surface area contributed by atoms with E-state index >= 15 is 0 Å². The predicted molar refractivity (Wildman–Crippen MR) is 136 cm³/mol. The Morgan fingerprint density at radius 1 is 1.12 bits per heavy atom. The Hall–Kier alpha value is -3.74.